The SMILES string of the molecule is [CH2]CC/C=C/CCCCCCCCCCCCCCCCCCCCCCC[CH2]. The van der Waals surface area contributed by atoms with Gasteiger partial charge in [0.1, 0.15) is 0 Å². The van der Waals surface area contributed by atoms with Gasteiger partial charge in [0.25, 0.3) is 0 Å². The number of rotatable bonds is 25. The van der Waals surface area contributed by atoms with Gasteiger partial charge in [-0.25, -0.2) is 0 Å². The van der Waals surface area contributed by atoms with Crippen molar-refractivity contribution in [1.29, 1.82) is 0 Å². The average molecular weight is 405 g/mol. The van der Waals surface area contributed by atoms with Crippen molar-refractivity contribution < 1.29 is 0 Å². The number of hydrogen-bond donors (Lipinski definition) is 0. The van der Waals surface area contributed by atoms with E-state index in [0.29, 0.717) is 0 Å². The van der Waals surface area contributed by atoms with E-state index in [9.17, 15) is 0 Å². The van der Waals surface area contributed by atoms with E-state index in [1.54, 1.807) is 0 Å². The first-order chi connectivity index (χ1) is 14.4. The van der Waals surface area contributed by atoms with Crippen LogP contribution in [0.1, 0.15) is 161 Å². The van der Waals surface area contributed by atoms with Crippen molar-refractivity contribution in [2.45, 2.75) is 161 Å². The maximum atomic E-state index is 3.91. The molecule has 0 heteroatoms. The molecule has 0 aromatic heterocycles. The van der Waals surface area contributed by atoms with Crippen LogP contribution < -0.4 is 0 Å². The van der Waals surface area contributed by atoms with Crippen molar-refractivity contribution >= 4 is 0 Å². The Bertz CT molecular complexity index is 290. The minimum absolute atomic E-state index is 1.04. The molecule has 0 spiro atoms. The lowest BCUT2D eigenvalue weighted by Crippen LogP contribution is -1.84. The molecule has 0 bridgehead atoms. The smallest absolute Gasteiger partial charge is 0.0351 e. The third-order valence-corrected chi connectivity index (χ3v) is 6.16. The van der Waals surface area contributed by atoms with Gasteiger partial charge in [-0.1, -0.05) is 161 Å². The zero-order valence-electron chi connectivity index (χ0n) is 20.2. The van der Waals surface area contributed by atoms with Crippen LogP contribution in [0.15, 0.2) is 12.2 Å². The summed E-state index contributed by atoms with van der Waals surface area (Å²) in [4.78, 5) is 0. The van der Waals surface area contributed by atoms with Crippen LogP contribution in [0.2, 0.25) is 0 Å². The van der Waals surface area contributed by atoms with Gasteiger partial charge in [-0.05, 0) is 25.7 Å². The van der Waals surface area contributed by atoms with Crippen LogP contribution in [-0.4, -0.2) is 0 Å². The predicted molar refractivity (Wildman–Crippen MR) is 135 cm³/mol. The molecule has 0 fully saturated rings. The molecule has 0 heterocycles. The fraction of sp³-hybridized carbons (Fsp3) is 0.862. The van der Waals surface area contributed by atoms with E-state index in [1.807, 2.05) is 0 Å². The number of unbranched alkanes of at least 4 members (excludes halogenated alkanes) is 23. The van der Waals surface area contributed by atoms with Crippen LogP contribution in [0.4, 0.5) is 0 Å². The molecule has 0 aliphatic carbocycles. The molecule has 0 unspecified atom stereocenters. The summed E-state index contributed by atoms with van der Waals surface area (Å²) in [5, 5.41) is 0. The summed E-state index contributed by atoms with van der Waals surface area (Å²) in [6.45, 7) is 7.78. The third kappa shape index (κ3) is 27.7. The second kappa shape index (κ2) is 27.7. The highest BCUT2D eigenvalue weighted by molar-refractivity contribution is 4.81. The van der Waals surface area contributed by atoms with Gasteiger partial charge in [0, 0.05) is 0 Å². The summed E-state index contributed by atoms with van der Waals surface area (Å²) in [6.07, 6.45) is 39.7. The Labute approximate surface area is 186 Å². The highest BCUT2D eigenvalue weighted by Crippen LogP contribution is 2.15. The van der Waals surface area contributed by atoms with E-state index in [0.717, 1.165) is 19.3 Å². The molecule has 0 saturated heterocycles. The van der Waals surface area contributed by atoms with Crippen LogP contribution in [0.25, 0.3) is 0 Å². The minimum atomic E-state index is 1.04. The van der Waals surface area contributed by atoms with Crippen molar-refractivity contribution in [3.05, 3.63) is 26.0 Å². The van der Waals surface area contributed by atoms with Crippen LogP contribution in [-0.2, 0) is 0 Å². The fourth-order valence-electron chi connectivity index (χ4n) is 4.15. The van der Waals surface area contributed by atoms with Gasteiger partial charge in [-0.3, -0.25) is 0 Å². The van der Waals surface area contributed by atoms with Crippen LogP contribution in [0.5, 0.6) is 0 Å². The van der Waals surface area contributed by atoms with Crippen molar-refractivity contribution in [1.82, 2.24) is 0 Å². The normalized spacial score (nSPS) is 11.7. The van der Waals surface area contributed by atoms with Crippen LogP contribution in [0.3, 0.4) is 0 Å². The molecule has 0 amide bonds. The van der Waals surface area contributed by atoms with Gasteiger partial charge in [-0.2, -0.15) is 0 Å². The van der Waals surface area contributed by atoms with Crippen LogP contribution >= 0.6 is 0 Å². The molecule has 172 valence electrons. The Morgan fingerprint density at radius 2 is 0.552 bits per heavy atom. The third-order valence-electron chi connectivity index (χ3n) is 6.16. The first-order valence-electron chi connectivity index (χ1n) is 13.6. The maximum Gasteiger partial charge on any atom is -0.0351 e. The van der Waals surface area contributed by atoms with E-state index >= 15 is 0 Å². The first-order valence-corrected chi connectivity index (χ1v) is 13.6. The number of hydrogen-bond acceptors (Lipinski definition) is 0. The quantitative estimate of drug-likeness (QED) is 0.105. The average Bonchev–Trinajstić information content (AvgIpc) is 2.74. The molecule has 0 rings (SSSR count). The summed E-state index contributed by atoms with van der Waals surface area (Å²) < 4.78 is 0. The summed E-state index contributed by atoms with van der Waals surface area (Å²) in [6, 6.07) is 0. The Kier molecular flexibility index (Phi) is 27.5. The zero-order chi connectivity index (χ0) is 21.1. The lowest BCUT2D eigenvalue weighted by atomic mass is 10.0. The van der Waals surface area contributed by atoms with E-state index < -0.39 is 0 Å². The molecule has 0 aromatic rings. The van der Waals surface area contributed by atoms with E-state index in [4.69, 9.17) is 0 Å². The molecule has 29 heavy (non-hydrogen) atoms. The molecular formula is C29H56. The Balaban J connectivity index is 3.00. The Morgan fingerprint density at radius 1 is 0.276 bits per heavy atom. The number of allylic oxidation sites excluding steroid dienone is 2. The zero-order valence-corrected chi connectivity index (χ0v) is 20.2. The second-order valence-electron chi connectivity index (χ2n) is 9.18. The standard InChI is InChI=1S/C29H56/c1-3-5-7-9-11-13-15-17-19-21-23-25-27-29-28-26-24-22-20-18-16-14-12-10-8-6-4-2/h7,9H,1-6,8,10-29H2/b9-7+. The van der Waals surface area contributed by atoms with Crippen molar-refractivity contribution in [2.75, 3.05) is 0 Å². The highest BCUT2D eigenvalue weighted by atomic mass is 14.0. The largest absolute Gasteiger partial charge is 0.0885 e. The lowest BCUT2D eigenvalue weighted by molar-refractivity contribution is 0.520. The van der Waals surface area contributed by atoms with Gasteiger partial charge < -0.3 is 0 Å². The molecule has 0 aromatic carbocycles. The molecular weight excluding hydrogens is 348 g/mol. The summed E-state index contributed by atoms with van der Waals surface area (Å²) >= 11 is 0. The maximum absolute atomic E-state index is 3.91. The molecule has 0 atom stereocenters. The summed E-state index contributed by atoms with van der Waals surface area (Å²) in [5.74, 6) is 0. The van der Waals surface area contributed by atoms with Crippen molar-refractivity contribution in [3.63, 3.8) is 0 Å². The van der Waals surface area contributed by atoms with Crippen LogP contribution in [0, 0.1) is 13.8 Å². The Morgan fingerprint density at radius 3 is 0.862 bits per heavy atom. The van der Waals surface area contributed by atoms with Gasteiger partial charge >= 0.3 is 0 Å². The molecule has 0 aliphatic rings. The van der Waals surface area contributed by atoms with E-state index in [1.165, 1.54) is 141 Å². The lowest BCUT2D eigenvalue weighted by Gasteiger charge is -2.04. The fourth-order valence-corrected chi connectivity index (χ4v) is 4.15. The Hall–Kier alpha value is -0.260. The monoisotopic (exact) mass is 404 g/mol. The van der Waals surface area contributed by atoms with Crippen molar-refractivity contribution in [3.8, 4) is 0 Å². The minimum Gasteiger partial charge on any atom is -0.0885 e. The molecule has 0 saturated carbocycles. The van der Waals surface area contributed by atoms with E-state index in [-0.39, 0.29) is 0 Å². The predicted octanol–water partition coefficient (Wildman–Crippen LogP) is 11.0. The molecule has 0 nitrogen and oxygen atoms in total. The van der Waals surface area contributed by atoms with E-state index in [2.05, 4.69) is 26.0 Å². The van der Waals surface area contributed by atoms with Gasteiger partial charge in [0.2, 0.25) is 0 Å². The van der Waals surface area contributed by atoms with Gasteiger partial charge in [0.05, 0.1) is 0 Å². The molecule has 0 N–H and O–H groups in total. The summed E-state index contributed by atoms with van der Waals surface area (Å²) in [5.41, 5.74) is 0. The highest BCUT2D eigenvalue weighted by Gasteiger charge is 1.95. The topological polar surface area (TPSA) is 0 Å². The summed E-state index contributed by atoms with van der Waals surface area (Å²) in [7, 11) is 0. The molecule has 2 radical (unpaired) electrons. The second-order valence-corrected chi connectivity index (χ2v) is 9.18. The first kappa shape index (κ1) is 28.7. The van der Waals surface area contributed by atoms with Crippen molar-refractivity contribution in [2.24, 2.45) is 0 Å². The van der Waals surface area contributed by atoms with Gasteiger partial charge in [-0.15, -0.1) is 0 Å². The van der Waals surface area contributed by atoms with Gasteiger partial charge in [0.15, 0.2) is 0 Å². The molecule has 0 aliphatic heterocycles.